The van der Waals surface area contributed by atoms with Crippen molar-refractivity contribution in [2.24, 2.45) is 0 Å². The zero-order valence-corrected chi connectivity index (χ0v) is 18.0. The molecule has 0 amide bonds. The number of aryl methyl sites for hydroxylation is 1. The first-order valence-corrected chi connectivity index (χ1v) is 10.5. The minimum atomic E-state index is -1.27. The largest absolute Gasteiger partial charge is 0.493 e. The second kappa shape index (κ2) is 10.4. The Hall–Kier alpha value is -3.52. The first kappa shape index (κ1) is 22.7. The standard InChI is InChI=1S/C25H23F3N2O3/c1-16-24(15-32-23-12-19(27)18(26)11-20(23)28)33-22-7-2-6-21(25(16)22)31-10-4-9-30-14-17-5-3-8-29-13-17/h2-3,5-8,11-13,30H,4,9-10,14-15H2,1H3. The molecular formula is C25H23F3N2O3. The maximum Gasteiger partial charge on any atom is 0.168 e. The van der Waals surface area contributed by atoms with Gasteiger partial charge in [-0.2, -0.15) is 0 Å². The number of rotatable bonds is 10. The second-order valence-corrected chi connectivity index (χ2v) is 7.51. The Kier molecular flexibility index (Phi) is 7.14. The van der Waals surface area contributed by atoms with E-state index in [4.69, 9.17) is 13.9 Å². The van der Waals surface area contributed by atoms with Gasteiger partial charge < -0.3 is 19.2 Å². The van der Waals surface area contributed by atoms with Crippen LogP contribution in [0.1, 0.15) is 23.3 Å². The number of hydrogen-bond acceptors (Lipinski definition) is 5. The molecule has 0 bridgehead atoms. The fraction of sp³-hybridized carbons (Fsp3) is 0.240. The fourth-order valence-corrected chi connectivity index (χ4v) is 3.45. The topological polar surface area (TPSA) is 56.5 Å². The van der Waals surface area contributed by atoms with Crippen molar-refractivity contribution in [3.05, 3.63) is 89.2 Å². The molecule has 0 atom stereocenters. The Bertz CT molecular complexity index is 1230. The van der Waals surface area contributed by atoms with Crippen molar-refractivity contribution in [2.75, 3.05) is 13.2 Å². The molecule has 0 spiro atoms. The predicted molar refractivity (Wildman–Crippen MR) is 118 cm³/mol. The van der Waals surface area contributed by atoms with Gasteiger partial charge in [0.25, 0.3) is 0 Å². The highest BCUT2D eigenvalue weighted by molar-refractivity contribution is 5.88. The number of benzene rings is 2. The monoisotopic (exact) mass is 456 g/mol. The number of hydrogen-bond donors (Lipinski definition) is 1. The molecule has 0 radical (unpaired) electrons. The van der Waals surface area contributed by atoms with E-state index in [-0.39, 0.29) is 12.4 Å². The van der Waals surface area contributed by atoms with E-state index < -0.39 is 17.5 Å². The van der Waals surface area contributed by atoms with Crippen LogP contribution in [-0.2, 0) is 13.2 Å². The van der Waals surface area contributed by atoms with Gasteiger partial charge in [0.1, 0.15) is 23.7 Å². The molecule has 172 valence electrons. The molecule has 0 aliphatic heterocycles. The van der Waals surface area contributed by atoms with Crippen LogP contribution < -0.4 is 14.8 Å². The Morgan fingerprint density at radius 3 is 2.64 bits per heavy atom. The summed E-state index contributed by atoms with van der Waals surface area (Å²) in [6.45, 7) is 3.74. The number of nitrogens with zero attached hydrogens (tertiary/aromatic N) is 1. The number of aromatic nitrogens is 1. The molecule has 4 aromatic rings. The third-order valence-electron chi connectivity index (χ3n) is 5.16. The maximum atomic E-state index is 13.8. The number of furan rings is 1. The van der Waals surface area contributed by atoms with E-state index in [1.807, 2.05) is 37.4 Å². The highest BCUT2D eigenvalue weighted by atomic mass is 19.2. The van der Waals surface area contributed by atoms with E-state index in [2.05, 4.69) is 10.3 Å². The fourth-order valence-electron chi connectivity index (χ4n) is 3.45. The summed E-state index contributed by atoms with van der Waals surface area (Å²) in [5, 5.41) is 4.15. The Balaban J connectivity index is 1.35. The molecule has 2 aromatic heterocycles. The van der Waals surface area contributed by atoms with Crippen molar-refractivity contribution in [1.29, 1.82) is 0 Å². The van der Waals surface area contributed by atoms with Crippen LogP contribution >= 0.6 is 0 Å². The molecule has 0 unspecified atom stereocenters. The Morgan fingerprint density at radius 2 is 1.82 bits per heavy atom. The van der Waals surface area contributed by atoms with Crippen LogP contribution in [0.4, 0.5) is 13.2 Å². The van der Waals surface area contributed by atoms with Crippen LogP contribution in [0.3, 0.4) is 0 Å². The van der Waals surface area contributed by atoms with E-state index >= 15 is 0 Å². The number of pyridine rings is 1. The summed E-state index contributed by atoms with van der Waals surface area (Å²) in [6.07, 6.45) is 4.38. The second-order valence-electron chi connectivity index (χ2n) is 7.51. The van der Waals surface area contributed by atoms with Crippen LogP contribution in [0.2, 0.25) is 0 Å². The molecular weight excluding hydrogens is 433 g/mol. The van der Waals surface area contributed by atoms with Crippen LogP contribution in [-0.4, -0.2) is 18.1 Å². The van der Waals surface area contributed by atoms with Crippen molar-refractivity contribution in [1.82, 2.24) is 10.3 Å². The normalized spacial score (nSPS) is 11.2. The van der Waals surface area contributed by atoms with Crippen LogP contribution in [0.15, 0.2) is 59.3 Å². The lowest BCUT2D eigenvalue weighted by atomic mass is 10.1. The van der Waals surface area contributed by atoms with Gasteiger partial charge in [0, 0.05) is 36.6 Å². The number of fused-ring (bicyclic) bond motifs is 1. The van der Waals surface area contributed by atoms with Gasteiger partial charge in [-0.25, -0.2) is 13.2 Å². The van der Waals surface area contributed by atoms with E-state index in [9.17, 15) is 13.2 Å². The minimum absolute atomic E-state index is 0.139. The quantitative estimate of drug-likeness (QED) is 0.245. The molecule has 2 heterocycles. The zero-order valence-electron chi connectivity index (χ0n) is 18.0. The smallest absolute Gasteiger partial charge is 0.168 e. The Morgan fingerprint density at radius 1 is 0.970 bits per heavy atom. The molecule has 33 heavy (non-hydrogen) atoms. The number of halogens is 3. The highest BCUT2D eigenvalue weighted by Gasteiger charge is 2.17. The Labute approximate surface area is 189 Å². The highest BCUT2D eigenvalue weighted by Crippen LogP contribution is 2.34. The van der Waals surface area contributed by atoms with Crippen molar-refractivity contribution in [3.63, 3.8) is 0 Å². The van der Waals surface area contributed by atoms with Crippen molar-refractivity contribution in [2.45, 2.75) is 26.5 Å². The average molecular weight is 456 g/mol. The summed E-state index contributed by atoms with van der Waals surface area (Å²) >= 11 is 0. The lowest BCUT2D eigenvalue weighted by molar-refractivity contribution is 0.258. The van der Waals surface area contributed by atoms with Crippen LogP contribution in [0.5, 0.6) is 11.5 Å². The summed E-state index contributed by atoms with van der Waals surface area (Å²) in [6, 6.07) is 10.5. The maximum absolute atomic E-state index is 13.8. The van der Waals surface area contributed by atoms with Gasteiger partial charge in [-0.3, -0.25) is 4.98 Å². The summed E-state index contributed by atoms with van der Waals surface area (Å²) < 4.78 is 57.5. The molecule has 0 saturated heterocycles. The van der Waals surface area contributed by atoms with Crippen LogP contribution in [0.25, 0.3) is 11.0 Å². The molecule has 0 saturated carbocycles. The number of nitrogens with one attached hydrogen (secondary N) is 1. The van der Waals surface area contributed by atoms with E-state index in [1.54, 1.807) is 12.3 Å². The van der Waals surface area contributed by atoms with E-state index in [1.165, 1.54) is 0 Å². The molecule has 4 rings (SSSR count). The van der Waals surface area contributed by atoms with Crippen molar-refractivity contribution < 1.29 is 27.1 Å². The van der Waals surface area contributed by atoms with Gasteiger partial charge in [-0.05, 0) is 43.7 Å². The lowest BCUT2D eigenvalue weighted by Crippen LogP contribution is -2.17. The van der Waals surface area contributed by atoms with Gasteiger partial charge in [-0.1, -0.05) is 12.1 Å². The van der Waals surface area contributed by atoms with Gasteiger partial charge in [0.2, 0.25) is 0 Å². The number of ether oxygens (including phenoxy) is 2. The van der Waals surface area contributed by atoms with Gasteiger partial charge in [-0.15, -0.1) is 0 Å². The molecule has 0 fully saturated rings. The predicted octanol–water partition coefficient (Wildman–Crippen LogP) is 5.69. The summed E-state index contributed by atoms with van der Waals surface area (Å²) in [5.41, 5.74) is 2.50. The molecule has 0 aliphatic carbocycles. The molecule has 5 nitrogen and oxygen atoms in total. The molecule has 1 N–H and O–H groups in total. The van der Waals surface area contributed by atoms with Gasteiger partial charge in [0.15, 0.2) is 23.2 Å². The van der Waals surface area contributed by atoms with E-state index in [0.29, 0.717) is 35.8 Å². The SMILES string of the molecule is Cc1c(COc2cc(F)c(F)cc2F)oc2cccc(OCCCNCc3cccnc3)c12. The van der Waals surface area contributed by atoms with E-state index in [0.717, 1.165) is 36.0 Å². The molecule has 0 aliphatic rings. The minimum Gasteiger partial charge on any atom is -0.493 e. The first-order chi connectivity index (χ1) is 16.0. The van der Waals surface area contributed by atoms with Crippen molar-refractivity contribution >= 4 is 11.0 Å². The lowest BCUT2D eigenvalue weighted by Gasteiger charge is -2.09. The molecule has 2 aromatic carbocycles. The van der Waals surface area contributed by atoms with Gasteiger partial charge in [0.05, 0.1) is 12.0 Å². The molecule has 8 heteroatoms. The third kappa shape index (κ3) is 5.46. The van der Waals surface area contributed by atoms with Crippen LogP contribution in [0, 0.1) is 24.4 Å². The zero-order chi connectivity index (χ0) is 23.2. The summed E-state index contributed by atoms with van der Waals surface area (Å²) in [5.74, 6) is -2.70. The first-order valence-electron chi connectivity index (χ1n) is 10.5. The summed E-state index contributed by atoms with van der Waals surface area (Å²) in [7, 11) is 0. The van der Waals surface area contributed by atoms with Crippen molar-refractivity contribution in [3.8, 4) is 11.5 Å². The average Bonchev–Trinajstić information content (AvgIpc) is 3.14. The van der Waals surface area contributed by atoms with Gasteiger partial charge >= 0.3 is 0 Å². The summed E-state index contributed by atoms with van der Waals surface area (Å²) in [4.78, 5) is 4.09. The third-order valence-corrected chi connectivity index (χ3v) is 5.16.